The zero-order chi connectivity index (χ0) is 20.5. The van der Waals surface area contributed by atoms with Gasteiger partial charge in [0.25, 0.3) is 0 Å². The van der Waals surface area contributed by atoms with Crippen LogP contribution in [0.1, 0.15) is 25.0 Å². The smallest absolute Gasteiger partial charge is 0.340 e. The van der Waals surface area contributed by atoms with Gasteiger partial charge in [-0.2, -0.15) is 10.4 Å². The van der Waals surface area contributed by atoms with Gasteiger partial charge in [0.2, 0.25) is 0 Å². The fraction of sp³-hybridized carbons (Fsp3) is 0.211. The highest BCUT2D eigenvalue weighted by molar-refractivity contribution is 6.30. The lowest BCUT2D eigenvalue weighted by atomic mass is 10.00. The van der Waals surface area contributed by atoms with Crippen molar-refractivity contribution in [3.05, 3.63) is 47.2 Å². The van der Waals surface area contributed by atoms with Gasteiger partial charge in [-0.25, -0.2) is 14.6 Å². The Morgan fingerprint density at radius 2 is 1.86 bits per heavy atom. The first-order valence-electron chi connectivity index (χ1n) is 8.37. The highest BCUT2D eigenvalue weighted by Gasteiger charge is 2.24. The van der Waals surface area contributed by atoms with Crippen LogP contribution >= 0.6 is 0 Å². The highest BCUT2D eigenvalue weighted by atomic mass is 16.5. The van der Waals surface area contributed by atoms with Crippen molar-refractivity contribution >= 4 is 29.5 Å². The van der Waals surface area contributed by atoms with Gasteiger partial charge in [-0.3, -0.25) is 5.10 Å². The molecular weight excluding hydrogens is 364 g/mol. The normalized spacial score (nSPS) is 11.6. The van der Waals surface area contributed by atoms with Crippen LogP contribution in [0.25, 0.3) is 5.57 Å². The maximum atomic E-state index is 12.6. The van der Waals surface area contributed by atoms with E-state index in [2.05, 4.69) is 15.2 Å². The first kappa shape index (κ1) is 20.4. The summed E-state index contributed by atoms with van der Waals surface area (Å²) in [7, 11) is 0. The van der Waals surface area contributed by atoms with Gasteiger partial charge in [0.15, 0.2) is 5.82 Å². The second-order valence-electron chi connectivity index (χ2n) is 5.28. The Balaban J connectivity index is 2.65. The number of carbonyl (C=O) groups excluding carboxylic acids is 2. The second-order valence-corrected chi connectivity index (χ2v) is 5.28. The van der Waals surface area contributed by atoms with Crippen LogP contribution in [0, 0.1) is 11.3 Å². The van der Waals surface area contributed by atoms with Crippen molar-refractivity contribution in [2.45, 2.75) is 13.8 Å². The SMILES string of the molecule is CCOC(=O)C(C=Nc1[nH]ncc1C#N)=C(C(=O)OCC)c1ccc(O)cc1. The van der Waals surface area contributed by atoms with Crippen LogP contribution < -0.4 is 0 Å². The van der Waals surface area contributed by atoms with Gasteiger partial charge in [-0.05, 0) is 31.5 Å². The Bertz CT molecular complexity index is 951. The molecule has 0 bridgehead atoms. The number of esters is 2. The molecule has 144 valence electrons. The van der Waals surface area contributed by atoms with Crippen LogP contribution in [-0.2, 0) is 19.1 Å². The van der Waals surface area contributed by atoms with Crippen molar-refractivity contribution in [1.29, 1.82) is 5.26 Å². The third-order valence-electron chi connectivity index (χ3n) is 3.46. The van der Waals surface area contributed by atoms with E-state index in [1.54, 1.807) is 13.8 Å². The molecule has 0 saturated carbocycles. The molecule has 1 aromatic carbocycles. The number of phenols is 1. The molecule has 2 aromatic rings. The van der Waals surface area contributed by atoms with Gasteiger partial charge in [0.05, 0.1) is 30.6 Å². The maximum absolute atomic E-state index is 12.6. The van der Waals surface area contributed by atoms with E-state index in [1.165, 1.54) is 30.5 Å². The van der Waals surface area contributed by atoms with Crippen LogP contribution in [0.15, 0.2) is 41.0 Å². The second kappa shape index (κ2) is 9.68. The molecule has 9 nitrogen and oxygen atoms in total. The van der Waals surface area contributed by atoms with E-state index in [1.807, 2.05) is 6.07 Å². The first-order valence-corrected chi connectivity index (χ1v) is 8.37. The molecule has 0 radical (unpaired) electrons. The number of H-pyrrole nitrogens is 1. The minimum absolute atomic E-state index is 0.00515. The van der Waals surface area contributed by atoms with Gasteiger partial charge >= 0.3 is 11.9 Å². The Morgan fingerprint density at radius 1 is 1.21 bits per heavy atom. The standard InChI is InChI=1S/C19H18N4O5/c1-3-27-18(25)15(11-21-17-13(9-20)10-22-23-17)16(19(26)28-4-2)12-5-7-14(24)8-6-12/h5-8,10-11,24H,3-4H2,1-2H3,(H,22,23). The maximum Gasteiger partial charge on any atom is 0.340 e. The molecule has 9 heteroatoms. The molecule has 0 saturated heterocycles. The zero-order valence-corrected chi connectivity index (χ0v) is 15.3. The number of carbonyl (C=O) groups is 2. The summed E-state index contributed by atoms with van der Waals surface area (Å²) < 4.78 is 10.1. The van der Waals surface area contributed by atoms with Crippen LogP contribution in [0.4, 0.5) is 5.82 Å². The van der Waals surface area contributed by atoms with E-state index in [4.69, 9.17) is 14.7 Å². The number of hydrogen-bond acceptors (Lipinski definition) is 8. The largest absolute Gasteiger partial charge is 0.508 e. The van der Waals surface area contributed by atoms with Gasteiger partial charge in [0.1, 0.15) is 17.4 Å². The predicted molar refractivity (Wildman–Crippen MR) is 99.7 cm³/mol. The molecule has 0 unspecified atom stereocenters. The Hall–Kier alpha value is -3.93. The van der Waals surface area contributed by atoms with Crippen molar-refractivity contribution in [2.75, 3.05) is 13.2 Å². The number of aromatic nitrogens is 2. The van der Waals surface area contributed by atoms with Crippen molar-refractivity contribution in [2.24, 2.45) is 4.99 Å². The van der Waals surface area contributed by atoms with E-state index >= 15 is 0 Å². The van der Waals surface area contributed by atoms with Gasteiger partial charge in [-0.1, -0.05) is 12.1 Å². The quantitative estimate of drug-likeness (QED) is 0.425. The summed E-state index contributed by atoms with van der Waals surface area (Å²) in [6, 6.07) is 7.58. The summed E-state index contributed by atoms with van der Waals surface area (Å²) >= 11 is 0. The first-order chi connectivity index (χ1) is 13.5. The molecule has 0 aliphatic heterocycles. The average Bonchev–Trinajstić information content (AvgIpc) is 3.14. The third-order valence-corrected chi connectivity index (χ3v) is 3.46. The van der Waals surface area contributed by atoms with E-state index in [9.17, 15) is 14.7 Å². The molecule has 2 N–H and O–H groups in total. The summed E-state index contributed by atoms with van der Waals surface area (Å²) in [5.74, 6) is -1.43. The summed E-state index contributed by atoms with van der Waals surface area (Å²) in [5, 5.41) is 24.8. The van der Waals surface area contributed by atoms with Crippen molar-refractivity contribution in [3.8, 4) is 11.8 Å². The van der Waals surface area contributed by atoms with E-state index in [0.717, 1.165) is 6.21 Å². The van der Waals surface area contributed by atoms with Crippen LogP contribution in [0.5, 0.6) is 5.75 Å². The number of nitrogens with one attached hydrogen (secondary N) is 1. The number of rotatable bonds is 7. The molecule has 2 rings (SSSR count). The van der Waals surface area contributed by atoms with Crippen molar-refractivity contribution in [1.82, 2.24) is 10.2 Å². The van der Waals surface area contributed by atoms with Gasteiger partial charge in [0, 0.05) is 6.21 Å². The minimum atomic E-state index is -0.791. The molecule has 0 amide bonds. The molecule has 28 heavy (non-hydrogen) atoms. The van der Waals surface area contributed by atoms with Gasteiger partial charge < -0.3 is 14.6 Å². The van der Waals surface area contributed by atoms with Crippen molar-refractivity contribution in [3.63, 3.8) is 0 Å². The number of ether oxygens (including phenoxy) is 2. The number of aromatic amines is 1. The molecule has 0 spiro atoms. The number of nitriles is 1. The summed E-state index contributed by atoms with van der Waals surface area (Å²) in [4.78, 5) is 29.2. The summed E-state index contributed by atoms with van der Waals surface area (Å²) in [6.45, 7) is 3.43. The number of aromatic hydroxyl groups is 1. The number of benzene rings is 1. The number of phenolic OH excluding ortho intramolecular Hbond substituents is 1. The lowest BCUT2D eigenvalue weighted by Crippen LogP contribution is -2.17. The van der Waals surface area contributed by atoms with Crippen molar-refractivity contribution < 1.29 is 24.2 Å². The Labute approximate surface area is 160 Å². The lowest BCUT2D eigenvalue weighted by Gasteiger charge is -2.11. The molecule has 0 fully saturated rings. The highest BCUT2D eigenvalue weighted by Crippen LogP contribution is 2.24. The predicted octanol–water partition coefficient (Wildman–Crippen LogP) is 2.27. The van der Waals surface area contributed by atoms with E-state index in [0.29, 0.717) is 5.56 Å². The monoisotopic (exact) mass is 382 g/mol. The molecular formula is C19H18N4O5. The van der Waals surface area contributed by atoms with Crippen LogP contribution in [-0.4, -0.2) is 46.7 Å². The molecule has 0 aliphatic carbocycles. The fourth-order valence-electron chi connectivity index (χ4n) is 2.23. The van der Waals surface area contributed by atoms with Crippen LogP contribution in [0.3, 0.4) is 0 Å². The Kier molecular flexibility index (Phi) is 7.05. The number of nitrogens with zero attached hydrogens (tertiary/aromatic N) is 3. The van der Waals surface area contributed by atoms with E-state index < -0.39 is 11.9 Å². The summed E-state index contributed by atoms with van der Waals surface area (Å²) in [6.07, 6.45) is 2.40. The molecule has 1 aromatic heterocycles. The van der Waals surface area contributed by atoms with Gasteiger partial charge in [-0.15, -0.1) is 0 Å². The minimum Gasteiger partial charge on any atom is -0.508 e. The Morgan fingerprint density at radius 3 is 2.46 bits per heavy atom. The average molecular weight is 382 g/mol. The molecule has 0 aliphatic rings. The lowest BCUT2D eigenvalue weighted by molar-refractivity contribution is -0.139. The number of aliphatic imine (C=N–C) groups is 1. The molecule has 1 heterocycles. The summed E-state index contributed by atoms with van der Waals surface area (Å²) in [5.41, 5.74) is 0.254. The fourth-order valence-corrected chi connectivity index (χ4v) is 2.23. The van der Waals surface area contributed by atoms with E-state index in [-0.39, 0.29) is 41.5 Å². The number of hydrogen-bond donors (Lipinski definition) is 2. The molecule has 0 atom stereocenters. The zero-order valence-electron chi connectivity index (χ0n) is 15.3. The van der Waals surface area contributed by atoms with Crippen LogP contribution in [0.2, 0.25) is 0 Å². The third kappa shape index (κ3) is 4.82. The topological polar surface area (TPSA) is 138 Å².